The number of carboxylic acids is 1. The molecular formula is C21H22N2O5. The van der Waals surface area contributed by atoms with Crippen molar-refractivity contribution in [3.05, 3.63) is 54.1 Å². The number of benzene rings is 2. The number of para-hydroxylation sites is 1. The monoisotopic (exact) mass is 382 g/mol. The summed E-state index contributed by atoms with van der Waals surface area (Å²) < 4.78 is 5.46. The van der Waals surface area contributed by atoms with Crippen molar-refractivity contribution in [1.82, 2.24) is 0 Å². The molecule has 2 N–H and O–H groups in total. The van der Waals surface area contributed by atoms with E-state index >= 15 is 0 Å². The van der Waals surface area contributed by atoms with Crippen LogP contribution in [0.5, 0.6) is 5.75 Å². The van der Waals surface area contributed by atoms with E-state index in [2.05, 4.69) is 5.32 Å². The summed E-state index contributed by atoms with van der Waals surface area (Å²) in [6, 6.07) is 14.4. The minimum absolute atomic E-state index is 0.0384. The van der Waals surface area contributed by atoms with E-state index in [0.29, 0.717) is 37.3 Å². The molecule has 0 atom stereocenters. The zero-order valence-corrected chi connectivity index (χ0v) is 15.4. The quantitative estimate of drug-likeness (QED) is 0.685. The number of hydrogen-bond donors (Lipinski definition) is 2. The zero-order valence-electron chi connectivity index (χ0n) is 15.4. The number of anilines is 2. The summed E-state index contributed by atoms with van der Waals surface area (Å²) >= 11 is 0. The summed E-state index contributed by atoms with van der Waals surface area (Å²) in [5.74, 6) is -0.584. The van der Waals surface area contributed by atoms with Gasteiger partial charge in [0.25, 0.3) is 0 Å². The average Bonchev–Trinajstić information content (AvgIpc) is 2.68. The average molecular weight is 382 g/mol. The fraction of sp³-hybridized carbons (Fsp3) is 0.286. The lowest BCUT2D eigenvalue weighted by Gasteiger charge is -2.28. The van der Waals surface area contributed by atoms with Gasteiger partial charge in [0.2, 0.25) is 11.8 Å². The number of aryl methyl sites for hydroxylation is 1. The molecule has 0 aliphatic carbocycles. The lowest BCUT2D eigenvalue weighted by atomic mass is 10.0. The molecule has 7 heteroatoms. The van der Waals surface area contributed by atoms with Gasteiger partial charge in [-0.2, -0.15) is 0 Å². The van der Waals surface area contributed by atoms with Crippen LogP contribution in [0.3, 0.4) is 0 Å². The molecule has 146 valence electrons. The molecule has 1 aliphatic rings. The van der Waals surface area contributed by atoms with Crippen LogP contribution >= 0.6 is 0 Å². The third kappa shape index (κ3) is 5.09. The number of amides is 2. The van der Waals surface area contributed by atoms with Gasteiger partial charge in [0, 0.05) is 24.2 Å². The predicted octanol–water partition coefficient (Wildman–Crippen LogP) is 2.85. The third-order valence-corrected chi connectivity index (χ3v) is 4.44. The summed E-state index contributed by atoms with van der Waals surface area (Å²) in [6.07, 6.45) is 1.59. The Morgan fingerprint density at radius 2 is 1.82 bits per heavy atom. The second-order valence-corrected chi connectivity index (χ2v) is 6.53. The second-order valence-electron chi connectivity index (χ2n) is 6.53. The van der Waals surface area contributed by atoms with Crippen LogP contribution in [-0.2, 0) is 20.8 Å². The molecule has 3 rings (SSSR count). The molecule has 0 aromatic heterocycles. The topological polar surface area (TPSA) is 95.9 Å². The van der Waals surface area contributed by atoms with Crippen molar-refractivity contribution in [3.8, 4) is 5.75 Å². The second kappa shape index (κ2) is 9.03. The van der Waals surface area contributed by atoms with E-state index in [0.717, 1.165) is 11.3 Å². The summed E-state index contributed by atoms with van der Waals surface area (Å²) in [5, 5.41) is 11.4. The van der Waals surface area contributed by atoms with Crippen LogP contribution in [0.2, 0.25) is 0 Å². The predicted molar refractivity (Wildman–Crippen MR) is 105 cm³/mol. The summed E-state index contributed by atoms with van der Waals surface area (Å²) in [5.41, 5.74) is 2.46. The van der Waals surface area contributed by atoms with Gasteiger partial charge in [-0.15, -0.1) is 0 Å². The van der Waals surface area contributed by atoms with Crippen molar-refractivity contribution in [1.29, 1.82) is 0 Å². The van der Waals surface area contributed by atoms with E-state index in [1.807, 2.05) is 24.3 Å². The largest absolute Gasteiger partial charge is 0.494 e. The number of hydrogen-bond acceptors (Lipinski definition) is 4. The molecule has 0 fully saturated rings. The number of carbonyl (C=O) groups is 3. The molecule has 2 amide bonds. The number of fused-ring (bicyclic) bond motifs is 1. The first kappa shape index (κ1) is 19.4. The lowest BCUT2D eigenvalue weighted by molar-refractivity contribution is -0.137. The molecule has 7 nitrogen and oxygen atoms in total. The minimum atomic E-state index is -0.850. The molecule has 0 bridgehead atoms. The molecule has 2 aromatic rings. The van der Waals surface area contributed by atoms with Crippen molar-refractivity contribution in [2.75, 3.05) is 23.4 Å². The lowest BCUT2D eigenvalue weighted by Crippen LogP contribution is -2.40. The van der Waals surface area contributed by atoms with Crippen molar-refractivity contribution in [2.24, 2.45) is 0 Å². The van der Waals surface area contributed by atoms with Crippen molar-refractivity contribution < 1.29 is 24.2 Å². The maximum absolute atomic E-state index is 12.4. The van der Waals surface area contributed by atoms with Crippen LogP contribution in [0.1, 0.15) is 24.8 Å². The van der Waals surface area contributed by atoms with Crippen LogP contribution in [0.4, 0.5) is 11.4 Å². The molecule has 0 saturated heterocycles. The van der Waals surface area contributed by atoms with Crippen LogP contribution in [0.25, 0.3) is 0 Å². The normalized spacial score (nSPS) is 13.0. The van der Waals surface area contributed by atoms with Gasteiger partial charge in [-0.1, -0.05) is 18.2 Å². The van der Waals surface area contributed by atoms with Gasteiger partial charge >= 0.3 is 5.97 Å². The standard InChI is InChI=1S/C21H22N2O5/c24-19(14-23-18-5-2-1-4-15(18)7-12-20(23)25)22-16-8-10-17(11-9-16)28-13-3-6-21(26)27/h1-2,4-5,8-11H,3,6-7,12-14H2,(H,22,24)(H,26,27). The first-order valence-electron chi connectivity index (χ1n) is 9.16. The number of carbonyl (C=O) groups excluding carboxylic acids is 2. The Kier molecular flexibility index (Phi) is 6.26. The van der Waals surface area contributed by atoms with Crippen molar-refractivity contribution >= 4 is 29.2 Å². The van der Waals surface area contributed by atoms with Crippen molar-refractivity contribution in [2.45, 2.75) is 25.7 Å². The fourth-order valence-corrected chi connectivity index (χ4v) is 3.06. The third-order valence-electron chi connectivity index (χ3n) is 4.44. The highest BCUT2D eigenvalue weighted by atomic mass is 16.5. The fourth-order valence-electron chi connectivity index (χ4n) is 3.06. The molecule has 1 heterocycles. The van der Waals surface area contributed by atoms with E-state index < -0.39 is 5.97 Å². The number of nitrogens with zero attached hydrogens (tertiary/aromatic N) is 1. The Labute approximate surface area is 162 Å². The van der Waals surface area contributed by atoms with E-state index in [9.17, 15) is 14.4 Å². The summed E-state index contributed by atoms with van der Waals surface area (Å²) in [6.45, 7) is 0.276. The van der Waals surface area contributed by atoms with E-state index in [1.54, 1.807) is 24.3 Å². The van der Waals surface area contributed by atoms with Gasteiger partial charge in [0.1, 0.15) is 12.3 Å². The molecule has 0 radical (unpaired) electrons. The molecule has 1 aliphatic heterocycles. The highest BCUT2D eigenvalue weighted by molar-refractivity contribution is 6.04. The minimum Gasteiger partial charge on any atom is -0.494 e. The Bertz CT molecular complexity index is 863. The Balaban J connectivity index is 1.54. The van der Waals surface area contributed by atoms with Gasteiger partial charge in [-0.3, -0.25) is 14.4 Å². The van der Waals surface area contributed by atoms with Gasteiger partial charge < -0.3 is 20.1 Å². The van der Waals surface area contributed by atoms with Gasteiger partial charge in [-0.25, -0.2) is 0 Å². The van der Waals surface area contributed by atoms with Crippen LogP contribution < -0.4 is 15.0 Å². The first-order valence-corrected chi connectivity index (χ1v) is 9.16. The molecule has 0 unspecified atom stereocenters. The Morgan fingerprint density at radius 3 is 2.57 bits per heavy atom. The zero-order chi connectivity index (χ0) is 19.9. The Hall–Kier alpha value is -3.35. The van der Waals surface area contributed by atoms with Gasteiger partial charge in [-0.05, 0) is 48.7 Å². The Morgan fingerprint density at radius 1 is 1.07 bits per heavy atom. The molecule has 0 saturated carbocycles. The van der Waals surface area contributed by atoms with Gasteiger partial charge in [0.05, 0.1) is 6.61 Å². The molecular weight excluding hydrogens is 360 g/mol. The number of ether oxygens (including phenoxy) is 1. The van der Waals surface area contributed by atoms with E-state index in [-0.39, 0.29) is 24.8 Å². The number of carboxylic acid groups (broad SMARTS) is 1. The van der Waals surface area contributed by atoms with Gasteiger partial charge in [0.15, 0.2) is 0 Å². The number of aliphatic carboxylic acids is 1. The van der Waals surface area contributed by atoms with Crippen LogP contribution in [-0.4, -0.2) is 36.0 Å². The molecule has 28 heavy (non-hydrogen) atoms. The summed E-state index contributed by atoms with van der Waals surface area (Å²) in [7, 11) is 0. The molecule has 2 aromatic carbocycles. The van der Waals surface area contributed by atoms with E-state index in [4.69, 9.17) is 9.84 Å². The number of rotatable bonds is 8. The highest BCUT2D eigenvalue weighted by Gasteiger charge is 2.25. The molecule has 0 spiro atoms. The highest BCUT2D eigenvalue weighted by Crippen LogP contribution is 2.27. The first-order chi connectivity index (χ1) is 13.5. The van der Waals surface area contributed by atoms with Crippen molar-refractivity contribution in [3.63, 3.8) is 0 Å². The summed E-state index contributed by atoms with van der Waals surface area (Å²) in [4.78, 5) is 36.6. The van der Waals surface area contributed by atoms with Crippen LogP contribution in [0.15, 0.2) is 48.5 Å². The maximum atomic E-state index is 12.4. The van der Waals surface area contributed by atoms with Crippen LogP contribution in [0, 0.1) is 0 Å². The SMILES string of the molecule is O=C(O)CCCOc1ccc(NC(=O)CN2C(=O)CCc3ccccc32)cc1. The van der Waals surface area contributed by atoms with E-state index in [1.165, 1.54) is 4.90 Å². The maximum Gasteiger partial charge on any atom is 0.303 e. The number of nitrogens with one attached hydrogen (secondary N) is 1. The smallest absolute Gasteiger partial charge is 0.303 e.